The predicted octanol–water partition coefficient (Wildman–Crippen LogP) is 6.63. The second kappa shape index (κ2) is 9.51. The first-order chi connectivity index (χ1) is 17.2. The lowest BCUT2D eigenvalue weighted by Gasteiger charge is -2.50. The van der Waals surface area contributed by atoms with Crippen molar-refractivity contribution in [2.24, 2.45) is 10.8 Å². The lowest BCUT2D eigenvalue weighted by atomic mass is 9.54. The summed E-state index contributed by atoms with van der Waals surface area (Å²) in [6, 6.07) is 4.52. The molecule has 37 heavy (non-hydrogen) atoms. The van der Waals surface area contributed by atoms with Crippen LogP contribution in [0.1, 0.15) is 72.1 Å². The van der Waals surface area contributed by atoms with Crippen molar-refractivity contribution in [2.75, 3.05) is 17.2 Å². The van der Waals surface area contributed by atoms with E-state index < -0.39 is 23.1 Å². The monoisotopic (exact) mass is 549 g/mol. The third-order valence-corrected chi connectivity index (χ3v) is 8.37. The van der Waals surface area contributed by atoms with Crippen LogP contribution in [0.2, 0.25) is 10.0 Å². The fourth-order valence-corrected chi connectivity index (χ4v) is 5.70. The van der Waals surface area contributed by atoms with Gasteiger partial charge in [0, 0.05) is 5.56 Å². The Morgan fingerprint density at radius 1 is 1.11 bits per heavy atom. The topological polar surface area (TPSA) is 106 Å². The number of benzene rings is 1. The largest absolute Gasteiger partial charge is 0.448 e. The maximum atomic E-state index is 13.7. The molecule has 2 aromatic rings. The van der Waals surface area contributed by atoms with E-state index in [9.17, 15) is 14.4 Å². The summed E-state index contributed by atoms with van der Waals surface area (Å²) in [6.07, 6.45) is 1.79. The lowest BCUT2D eigenvalue weighted by Crippen LogP contribution is -2.51. The van der Waals surface area contributed by atoms with Gasteiger partial charge in [0.1, 0.15) is 5.82 Å². The van der Waals surface area contributed by atoms with Gasteiger partial charge in [-0.2, -0.15) is 5.10 Å². The van der Waals surface area contributed by atoms with Crippen molar-refractivity contribution >= 4 is 52.7 Å². The van der Waals surface area contributed by atoms with E-state index >= 15 is 0 Å². The Balaban J connectivity index is 1.70. The van der Waals surface area contributed by atoms with Crippen LogP contribution in [-0.4, -0.2) is 39.3 Å². The van der Waals surface area contributed by atoms with Crippen LogP contribution in [0.4, 0.5) is 21.1 Å². The molecule has 0 spiro atoms. The smallest absolute Gasteiger partial charge is 0.436 e. The molecule has 1 aromatic heterocycles. The molecule has 1 aromatic carbocycles. The first-order valence-electron chi connectivity index (χ1n) is 12.4. The maximum Gasteiger partial charge on any atom is 0.436 e. The molecule has 1 saturated carbocycles. The molecular weight excluding hydrogens is 517 g/mol. The molecule has 200 valence electrons. The molecule has 11 heteroatoms. The van der Waals surface area contributed by atoms with Crippen molar-refractivity contribution in [3.63, 3.8) is 0 Å². The lowest BCUT2D eigenvalue weighted by molar-refractivity contribution is -0.139. The van der Waals surface area contributed by atoms with Crippen molar-refractivity contribution in [3.05, 3.63) is 39.5 Å². The summed E-state index contributed by atoms with van der Waals surface area (Å²) in [4.78, 5) is 41.4. The summed E-state index contributed by atoms with van der Waals surface area (Å²) in [7, 11) is 0. The van der Waals surface area contributed by atoms with Crippen LogP contribution in [0.25, 0.3) is 0 Å². The van der Waals surface area contributed by atoms with E-state index in [1.54, 1.807) is 30.0 Å². The number of carbonyl (C=O) groups excluding carboxylic acids is 3. The van der Waals surface area contributed by atoms with Crippen LogP contribution < -0.4 is 10.6 Å². The number of hydrogen-bond donors (Lipinski definition) is 2. The molecule has 1 aliphatic heterocycles. The van der Waals surface area contributed by atoms with E-state index in [4.69, 9.17) is 27.9 Å². The third kappa shape index (κ3) is 4.46. The molecule has 1 fully saturated rings. The minimum Gasteiger partial charge on any atom is -0.448 e. The number of para-hydroxylation sites is 1. The molecule has 3 amide bonds. The van der Waals surface area contributed by atoms with Gasteiger partial charge in [-0.25, -0.2) is 9.59 Å². The molecule has 0 atom stereocenters. The number of rotatable bonds is 4. The Morgan fingerprint density at radius 2 is 1.73 bits per heavy atom. The van der Waals surface area contributed by atoms with Crippen LogP contribution in [0.5, 0.6) is 0 Å². The summed E-state index contributed by atoms with van der Waals surface area (Å²) in [6.45, 7) is 11.8. The number of ether oxygens (including phenoxy) is 1. The van der Waals surface area contributed by atoms with Crippen LogP contribution in [0.3, 0.4) is 0 Å². The van der Waals surface area contributed by atoms with E-state index in [-0.39, 0.29) is 30.3 Å². The van der Waals surface area contributed by atoms with Gasteiger partial charge in [0.05, 0.1) is 45.5 Å². The van der Waals surface area contributed by atoms with Gasteiger partial charge < -0.3 is 20.3 Å². The first-order valence-corrected chi connectivity index (χ1v) is 13.1. The number of nitrogens with zero attached hydrogens (tertiary/aromatic N) is 3. The Labute approximate surface area is 226 Å². The van der Waals surface area contributed by atoms with Gasteiger partial charge in [0.15, 0.2) is 0 Å². The second-order valence-electron chi connectivity index (χ2n) is 11.1. The van der Waals surface area contributed by atoms with Gasteiger partial charge in [0.2, 0.25) is 5.91 Å². The Hall–Kier alpha value is -2.78. The predicted molar refractivity (Wildman–Crippen MR) is 143 cm³/mol. The molecule has 1 aliphatic carbocycles. The van der Waals surface area contributed by atoms with Crippen molar-refractivity contribution in [1.29, 1.82) is 0 Å². The fourth-order valence-electron chi connectivity index (χ4n) is 5.21. The molecule has 2 heterocycles. The van der Waals surface area contributed by atoms with Gasteiger partial charge in [0.25, 0.3) is 0 Å². The van der Waals surface area contributed by atoms with Crippen molar-refractivity contribution in [2.45, 2.75) is 72.9 Å². The average Bonchev–Trinajstić information content (AvgIpc) is 3.23. The summed E-state index contributed by atoms with van der Waals surface area (Å²) in [5.74, 6) is 0.0659. The molecule has 0 unspecified atom stereocenters. The highest BCUT2D eigenvalue weighted by Gasteiger charge is 2.53. The number of carbonyl (C=O) groups is 3. The Bertz CT molecular complexity index is 1240. The zero-order valence-corrected chi connectivity index (χ0v) is 23.5. The average molecular weight is 550 g/mol. The van der Waals surface area contributed by atoms with E-state index in [1.807, 2.05) is 34.6 Å². The standard InChI is InChI=1S/C26H33Cl2N5O4/c1-7-37-23(36)33-20(30-21(34)26(12-9-13-26)24(2,3)4)15-14-32(25(5,6)19(15)31-33)22(35)29-18-16(27)10-8-11-17(18)28/h8,10-11H,7,9,12-14H2,1-6H3,(H,29,35)(H,30,34). The van der Waals surface area contributed by atoms with Crippen molar-refractivity contribution < 1.29 is 19.1 Å². The van der Waals surface area contributed by atoms with Gasteiger partial charge in [-0.1, -0.05) is 56.5 Å². The highest BCUT2D eigenvalue weighted by Crippen LogP contribution is 2.54. The molecule has 0 radical (unpaired) electrons. The summed E-state index contributed by atoms with van der Waals surface area (Å²) in [5.41, 5.74) is -0.367. The molecule has 2 N–H and O–H groups in total. The zero-order chi connectivity index (χ0) is 27.3. The number of aromatic nitrogens is 2. The molecule has 4 rings (SSSR count). The van der Waals surface area contributed by atoms with Crippen LogP contribution in [0.15, 0.2) is 18.2 Å². The van der Waals surface area contributed by atoms with Gasteiger partial charge >= 0.3 is 12.1 Å². The highest BCUT2D eigenvalue weighted by atomic mass is 35.5. The molecule has 2 aliphatic rings. The number of anilines is 2. The van der Waals surface area contributed by atoms with Gasteiger partial charge in [-0.05, 0) is 51.2 Å². The Morgan fingerprint density at radius 3 is 2.24 bits per heavy atom. The van der Waals surface area contributed by atoms with Crippen LogP contribution in [-0.2, 0) is 21.6 Å². The summed E-state index contributed by atoms with van der Waals surface area (Å²) < 4.78 is 6.32. The zero-order valence-electron chi connectivity index (χ0n) is 22.0. The highest BCUT2D eigenvalue weighted by molar-refractivity contribution is 6.39. The van der Waals surface area contributed by atoms with Crippen LogP contribution >= 0.6 is 23.2 Å². The minimum absolute atomic E-state index is 0.105. The first kappa shape index (κ1) is 27.3. The number of fused-ring (bicyclic) bond motifs is 1. The molecule has 0 saturated heterocycles. The minimum atomic E-state index is -0.914. The molecule has 9 nitrogen and oxygen atoms in total. The number of amides is 3. The number of hydrogen-bond acceptors (Lipinski definition) is 5. The number of halogens is 2. The van der Waals surface area contributed by atoms with Crippen molar-refractivity contribution in [3.8, 4) is 0 Å². The van der Waals surface area contributed by atoms with E-state index in [0.717, 1.165) is 23.9 Å². The molecular formula is C26H33Cl2N5O4. The Kier molecular flexibility index (Phi) is 7.01. The quantitative estimate of drug-likeness (QED) is 0.445. The van der Waals surface area contributed by atoms with Gasteiger partial charge in [-0.15, -0.1) is 4.68 Å². The van der Waals surface area contributed by atoms with Crippen molar-refractivity contribution in [1.82, 2.24) is 14.7 Å². The SMILES string of the molecule is CCOC(=O)n1nc2c(c1NC(=O)C1(C(C)(C)C)CCC1)CN(C(=O)Nc1c(Cl)cccc1Cl)C2(C)C. The van der Waals surface area contributed by atoms with E-state index in [2.05, 4.69) is 15.7 Å². The van der Waals surface area contributed by atoms with Gasteiger partial charge in [-0.3, -0.25) is 4.79 Å². The van der Waals surface area contributed by atoms with E-state index in [1.165, 1.54) is 0 Å². The summed E-state index contributed by atoms with van der Waals surface area (Å²) >= 11 is 12.5. The number of urea groups is 1. The molecule has 0 bridgehead atoms. The number of nitrogens with one attached hydrogen (secondary N) is 2. The van der Waals surface area contributed by atoms with Crippen LogP contribution in [0, 0.1) is 10.8 Å². The summed E-state index contributed by atoms with van der Waals surface area (Å²) in [5, 5.41) is 10.9. The second-order valence-corrected chi connectivity index (χ2v) is 11.9. The normalized spacial score (nSPS) is 17.6. The maximum absolute atomic E-state index is 13.7. The van der Waals surface area contributed by atoms with E-state index in [0.29, 0.717) is 27.0 Å². The fraction of sp³-hybridized carbons (Fsp3) is 0.538. The third-order valence-electron chi connectivity index (χ3n) is 7.74.